The van der Waals surface area contributed by atoms with Crippen molar-refractivity contribution in [3.63, 3.8) is 0 Å². The second kappa shape index (κ2) is 3.37. The van der Waals surface area contributed by atoms with Crippen molar-refractivity contribution in [2.45, 2.75) is 12.8 Å². The van der Waals surface area contributed by atoms with Crippen LogP contribution < -0.4 is 10.6 Å². The third-order valence-corrected chi connectivity index (χ3v) is 1.65. The Morgan fingerprint density at radius 2 is 2.09 bits per heavy atom. The van der Waals surface area contributed by atoms with E-state index in [2.05, 4.69) is 10.6 Å². The fraction of sp³-hybridized carbons (Fsp3) is 0.714. The Labute approximate surface area is 65.3 Å². The number of hydrogen-bond acceptors (Lipinski definition) is 2. The number of rotatable bonds is 3. The molecule has 0 atom stereocenters. The summed E-state index contributed by atoms with van der Waals surface area (Å²) in [6.07, 6.45) is 1.94. The predicted molar refractivity (Wildman–Crippen MR) is 39.8 cm³/mol. The molecule has 2 amide bonds. The van der Waals surface area contributed by atoms with Crippen LogP contribution in [0, 0.1) is 5.92 Å². The molecule has 0 aromatic rings. The van der Waals surface area contributed by atoms with Gasteiger partial charge in [0.1, 0.15) is 0 Å². The summed E-state index contributed by atoms with van der Waals surface area (Å²) in [5, 5.41) is 4.97. The molecule has 11 heavy (non-hydrogen) atoms. The van der Waals surface area contributed by atoms with Crippen molar-refractivity contribution in [3.05, 3.63) is 0 Å². The van der Waals surface area contributed by atoms with Crippen LogP contribution in [0.1, 0.15) is 12.8 Å². The van der Waals surface area contributed by atoms with Crippen molar-refractivity contribution in [1.82, 2.24) is 10.6 Å². The maximum Gasteiger partial charge on any atom is 0.239 e. The molecule has 1 fully saturated rings. The van der Waals surface area contributed by atoms with Gasteiger partial charge in [-0.1, -0.05) is 0 Å². The minimum atomic E-state index is -0.154. The average Bonchev–Trinajstić information content (AvgIpc) is 2.81. The summed E-state index contributed by atoms with van der Waals surface area (Å²) in [6.45, 7) is 0.103. The van der Waals surface area contributed by atoms with E-state index < -0.39 is 0 Å². The smallest absolute Gasteiger partial charge is 0.239 e. The second-order valence-corrected chi connectivity index (χ2v) is 2.67. The third-order valence-electron chi connectivity index (χ3n) is 1.65. The molecule has 1 rings (SSSR count). The molecule has 0 aromatic heterocycles. The summed E-state index contributed by atoms with van der Waals surface area (Å²) >= 11 is 0. The van der Waals surface area contributed by atoms with Crippen LogP contribution in [-0.4, -0.2) is 25.4 Å². The normalized spacial score (nSPS) is 15.7. The van der Waals surface area contributed by atoms with E-state index in [0.29, 0.717) is 0 Å². The van der Waals surface area contributed by atoms with Crippen molar-refractivity contribution in [2.75, 3.05) is 13.6 Å². The quantitative estimate of drug-likeness (QED) is 0.565. The molecule has 2 N–H and O–H groups in total. The molecule has 0 aliphatic heterocycles. The third kappa shape index (κ3) is 2.57. The van der Waals surface area contributed by atoms with E-state index in [1.54, 1.807) is 7.05 Å². The Bertz CT molecular complexity index is 175. The van der Waals surface area contributed by atoms with Crippen molar-refractivity contribution < 1.29 is 9.59 Å². The van der Waals surface area contributed by atoms with Gasteiger partial charge in [-0.15, -0.1) is 0 Å². The van der Waals surface area contributed by atoms with Crippen LogP contribution in [0.5, 0.6) is 0 Å². The topological polar surface area (TPSA) is 58.2 Å². The molecule has 1 saturated carbocycles. The van der Waals surface area contributed by atoms with E-state index in [9.17, 15) is 9.59 Å². The largest absolute Gasteiger partial charge is 0.358 e. The highest BCUT2D eigenvalue weighted by atomic mass is 16.2. The van der Waals surface area contributed by atoms with Crippen molar-refractivity contribution >= 4 is 11.8 Å². The first-order valence-electron chi connectivity index (χ1n) is 3.72. The molecule has 1 aliphatic carbocycles. The van der Waals surface area contributed by atoms with Gasteiger partial charge >= 0.3 is 0 Å². The van der Waals surface area contributed by atoms with E-state index in [1.807, 2.05) is 0 Å². The zero-order valence-electron chi connectivity index (χ0n) is 6.52. The zero-order valence-corrected chi connectivity index (χ0v) is 6.52. The molecule has 0 unspecified atom stereocenters. The summed E-state index contributed by atoms with van der Waals surface area (Å²) in [7, 11) is 1.55. The van der Waals surface area contributed by atoms with Gasteiger partial charge in [0.15, 0.2) is 0 Å². The summed E-state index contributed by atoms with van der Waals surface area (Å²) in [5.41, 5.74) is 0. The number of amides is 2. The summed E-state index contributed by atoms with van der Waals surface area (Å²) in [6, 6.07) is 0. The number of hydrogen-bond donors (Lipinski definition) is 2. The number of carbonyl (C=O) groups excluding carboxylic acids is 2. The van der Waals surface area contributed by atoms with Gasteiger partial charge in [0.2, 0.25) is 11.8 Å². The molecule has 0 aromatic carbocycles. The Kier molecular flexibility index (Phi) is 2.46. The molecule has 1 aliphatic rings. The van der Waals surface area contributed by atoms with Gasteiger partial charge in [-0.2, -0.15) is 0 Å². The molecule has 0 heterocycles. The molecule has 0 bridgehead atoms. The van der Waals surface area contributed by atoms with Gasteiger partial charge in [0.05, 0.1) is 6.54 Å². The lowest BCUT2D eigenvalue weighted by molar-refractivity contribution is -0.126. The molecule has 4 nitrogen and oxygen atoms in total. The number of likely N-dealkylation sites (N-methyl/N-ethyl adjacent to an activating group) is 1. The van der Waals surface area contributed by atoms with Gasteiger partial charge in [-0.25, -0.2) is 0 Å². The molecule has 4 heteroatoms. The Hall–Kier alpha value is -1.06. The molecule has 0 saturated heterocycles. The fourth-order valence-corrected chi connectivity index (χ4v) is 0.746. The zero-order chi connectivity index (χ0) is 8.27. The van der Waals surface area contributed by atoms with Crippen LogP contribution in [0.4, 0.5) is 0 Å². The maximum absolute atomic E-state index is 10.9. The first kappa shape index (κ1) is 8.04. The van der Waals surface area contributed by atoms with Crippen molar-refractivity contribution in [3.8, 4) is 0 Å². The van der Waals surface area contributed by atoms with Crippen LogP contribution >= 0.6 is 0 Å². The van der Waals surface area contributed by atoms with Gasteiger partial charge in [-0.05, 0) is 12.8 Å². The van der Waals surface area contributed by atoms with E-state index in [0.717, 1.165) is 12.8 Å². The monoisotopic (exact) mass is 156 g/mol. The van der Waals surface area contributed by atoms with Crippen molar-refractivity contribution in [2.24, 2.45) is 5.92 Å². The highest BCUT2D eigenvalue weighted by Gasteiger charge is 2.29. The van der Waals surface area contributed by atoms with Gasteiger partial charge in [-0.3, -0.25) is 9.59 Å². The van der Waals surface area contributed by atoms with Crippen LogP contribution in [0.25, 0.3) is 0 Å². The Balaban J connectivity index is 2.10. The molecule has 0 spiro atoms. The lowest BCUT2D eigenvalue weighted by Gasteiger charge is -2.01. The first-order valence-corrected chi connectivity index (χ1v) is 3.72. The van der Waals surface area contributed by atoms with Crippen LogP contribution in [0.2, 0.25) is 0 Å². The minimum Gasteiger partial charge on any atom is -0.358 e. The lowest BCUT2D eigenvalue weighted by Crippen LogP contribution is -2.35. The summed E-state index contributed by atoms with van der Waals surface area (Å²) < 4.78 is 0. The highest BCUT2D eigenvalue weighted by molar-refractivity contribution is 5.86. The van der Waals surface area contributed by atoms with E-state index in [-0.39, 0.29) is 24.3 Å². The van der Waals surface area contributed by atoms with Crippen LogP contribution in [0.15, 0.2) is 0 Å². The number of carbonyl (C=O) groups is 2. The number of nitrogens with one attached hydrogen (secondary N) is 2. The first-order chi connectivity index (χ1) is 5.24. The van der Waals surface area contributed by atoms with Gasteiger partial charge in [0, 0.05) is 13.0 Å². The van der Waals surface area contributed by atoms with Gasteiger partial charge in [0.25, 0.3) is 0 Å². The van der Waals surface area contributed by atoms with Crippen molar-refractivity contribution in [1.29, 1.82) is 0 Å². The standard InChI is InChI=1S/C7H12N2O2/c1-8-6(10)4-9-7(11)5-2-3-5/h5H,2-4H2,1H3,(H,8,10)(H,9,11). The van der Waals surface area contributed by atoms with E-state index in [4.69, 9.17) is 0 Å². The second-order valence-electron chi connectivity index (χ2n) is 2.67. The van der Waals surface area contributed by atoms with E-state index >= 15 is 0 Å². The Morgan fingerprint density at radius 3 is 2.55 bits per heavy atom. The fourth-order valence-electron chi connectivity index (χ4n) is 0.746. The minimum absolute atomic E-state index is 0.00796. The Morgan fingerprint density at radius 1 is 1.45 bits per heavy atom. The molecule has 0 radical (unpaired) electrons. The molecule has 62 valence electrons. The molecular weight excluding hydrogens is 144 g/mol. The SMILES string of the molecule is CNC(=O)CNC(=O)C1CC1. The predicted octanol–water partition coefficient (Wildman–Crippen LogP) is -0.741. The molecular formula is C7H12N2O2. The van der Waals surface area contributed by atoms with Gasteiger partial charge < -0.3 is 10.6 Å². The van der Waals surface area contributed by atoms with E-state index in [1.165, 1.54) is 0 Å². The van der Waals surface area contributed by atoms with Crippen LogP contribution in [0.3, 0.4) is 0 Å². The highest BCUT2D eigenvalue weighted by Crippen LogP contribution is 2.28. The average molecular weight is 156 g/mol. The summed E-state index contributed by atoms with van der Waals surface area (Å²) in [4.78, 5) is 21.6. The lowest BCUT2D eigenvalue weighted by atomic mass is 10.4. The maximum atomic E-state index is 10.9. The van der Waals surface area contributed by atoms with Crippen LogP contribution in [-0.2, 0) is 9.59 Å². The summed E-state index contributed by atoms with van der Waals surface area (Å²) in [5.74, 6) is 0.0345.